The van der Waals surface area contributed by atoms with Crippen molar-refractivity contribution < 1.29 is 14.3 Å². The first kappa shape index (κ1) is 20.7. The van der Waals surface area contributed by atoms with Crippen LogP contribution in [-0.4, -0.2) is 24.0 Å². The van der Waals surface area contributed by atoms with Crippen molar-refractivity contribution >= 4 is 28.3 Å². The molecular weight excluding hydrogens is 384 g/mol. The van der Waals surface area contributed by atoms with Crippen molar-refractivity contribution in [1.82, 2.24) is 4.98 Å². The third kappa shape index (κ3) is 5.09. The number of thiazole rings is 1. The van der Waals surface area contributed by atoms with Crippen molar-refractivity contribution in [3.8, 4) is 11.3 Å². The fourth-order valence-corrected chi connectivity index (χ4v) is 3.80. The summed E-state index contributed by atoms with van der Waals surface area (Å²) in [5.41, 5.74) is 3.31. The van der Waals surface area contributed by atoms with Crippen molar-refractivity contribution in [1.29, 1.82) is 0 Å². The molecule has 1 aromatic heterocycles. The van der Waals surface area contributed by atoms with Gasteiger partial charge in [0, 0.05) is 16.0 Å². The Morgan fingerprint density at radius 3 is 2.28 bits per heavy atom. The predicted molar refractivity (Wildman–Crippen MR) is 116 cm³/mol. The summed E-state index contributed by atoms with van der Waals surface area (Å²) >= 11 is 1.28. The van der Waals surface area contributed by atoms with E-state index in [0.29, 0.717) is 16.4 Å². The molecule has 2 aromatic carbocycles. The lowest BCUT2D eigenvalue weighted by Gasteiger charge is -2.18. The molecule has 0 aliphatic rings. The molecule has 0 atom stereocenters. The molecule has 0 aliphatic carbocycles. The van der Waals surface area contributed by atoms with Gasteiger partial charge in [0.1, 0.15) is 0 Å². The Kier molecular flexibility index (Phi) is 6.13. The minimum atomic E-state index is -0.346. The SMILES string of the molecule is COC(=O)Cc1sc(NC(=O)c2ccc(C(C)(C)C)cc2)nc1-c1ccccc1. The van der Waals surface area contributed by atoms with Crippen LogP contribution in [0.1, 0.15) is 41.6 Å². The van der Waals surface area contributed by atoms with Gasteiger partial charge < -0.3 is 4.74 Å². The Morgan fingerprint density at radius 1 is 1.03 bits per heavy atom. The second-order valence-corrected chi connectivity index (χ2v) is 8.77. The molecule has 0 saturated heterocycles. The fourth-order valence-electron chi connectivity index (χ4n) is 2.84. The highest BCUT2D eigenvalue weighted by atomic mass is 32.1. The highest BCUT2D eigenvalue weighted by Gasteiger charge is 2.19. The number of esters is 1. The molecule has 0 aliphatic heterocycles. The quantitative estimate of drug-likeness (QED) is 0.598. The summed E-state index contributed by atoms with van der Waals surface area (Å²) in [4.78, 5) is 29.8. The number of rotatable bonds is 5. The topological polar surface area (TPSA) is 68.3 Å². The van der Waals surface area contributed by atoms with Crippen LogP contribution in [0.4, 0.5) is 5.13 Å². The smallest absolute Gasteiger partial charge is 0.310 e. The van der Waals surface area contributed by atoms with E-state index in [1.807, 2.05) is 54.6 Å². The van der Waals surface area contributed by atoms with Gasteiger partial charge in [-0.3, -0.25) is 14.9 Å². The molecule has 1 N–H and O–H groups in total. The molecule has 0 spiro atoms. The van der Waals surface area contributed by atoms with E-state index >= 15 is 0 Å². The van der Waals surface area contributed by atoms with Crippen LogP contribution in [-0.2, 0) is 21.4 Å². The standard InChI is InChI=1S/C23H24N2O3S/c1-23(2,3)17-12-10-16(11-13-17)21(27)25-22-24-20(15-8-6-5-7-9-15)18(29-22)14-19(26)28-4/h5-13H,14H2,1-4H3,(H,24,25,27). The van der Waals surface area contributed by atoms with Crippen LogP contribution in [0.2, 0.25) is 0 Å². The molecule has 1 amide bonds. The van der Waals surface area contributed by atoms with Crippen LogP contribution in [0.25, 0.3) is 11.3 Å². The third-order valence-corrected chi connectivity index (χ3v) is 5.48. The summed E-state index contributed by atoms with van der Waals surface area (Å²) in [6, 6.07) is 17.1. The van der Waals surface area contributed by atoms with Crippen molar-refractivity contribution in [3.63, 3.8) is 0 Å². The number of benzene rings is 2. The molecule has 0 radical (unpaired) electrons. The number of aromatic nitrogens is 1. The van der Waals surface area contributed by atoms with Gasteiger partial charge >= 0.3 is 5.97 Å². The number of ether oxygens (including phenoxy) is 1. The van der Waals surface area contributed by atoms with E-state index in [-0.39, 0.29) is 23.7 Å². The molecule has 0 saturated carbocycles. The summed E-state index contributed by atoms with van der Waals surface area (Å²) in [7, 11) is 1.36. The van der Waals surface area contributed by atoms with E-state index in [1.54, 1.807) is 0 Å². The van der Waals surface area contributed by atoms with Crippen molar-refractivity contribution in [2.45, 2.75) is 32.6 Å². The highest BCUT2D eigenvalue weighted by Crippen LogP contribution is 2.32. The van der Waals surface area contributed by atoms with E-state index in [9.17, 15) is 9.59 Å². The number of methoxy groups -OCH3 is 1. The zero-order valence-corrected chi connectivity index (χ0v) is 17.8. The van der Waals surface area contributed by atoms with E-state index in [2.05, 4.69) is 31.1 Å². The first-order valence-corrected chi connectivity index (χ1v) is 10.1. The number of carbonyl (C=O) groups excluding carboxylic acids is 2. The average Bonchev–Trinajstić information content (AvgIpc) is 3.10. The monoisotopic (exact) mass is 408 g/mol. The number of amides is 1. The maximum atomic E-state index is 12.7. The van der Waals surface area contributed by atoms with Gasteiger partial charge in [0.2, 0.25) is 0 Å². The Morgan fingerprint density at radius 2 is 1.69 bits per heavy atom. The van der Waals surface area contributed by atoms with Crippen LogP contribution in [0.5, 0.6) is 0 Å². The first-order valence-electron chi connectivity index (χ1n) is 9.32. The van der Waals surface area contributed by atoms with Gasteiger partial charge in [-0.15, -0.1) is 11.3 Å². The maximum absolute atomic E-state index is 12.7. The summed E-state index contributed by atoms with van der Waals surface area (Å²) in [5.74, 6) is -0.579. The molecule has 0 bridgehead atoms. The van der Waals surface area contributed by atoms with Crippen LogP contribution in [0.3, 0.4) is 0 Å². The minimum absolute atomic E-state index is 0.0255. The minimum Gasteiger partial charge on any atom is -0.469 e. The largest absolute Gasteiger partial charge is 0.469 e. The third-order valence-electron chi connectivity index (χ3n) is 4.51. The molecule has 3 rings (SSSR count). The zero-order valence-electron chi connectivity index (χ0n) is 17.0. The molecule has 3 aromatic rings. The average molecular weight is 409 g/mol. The second-order valence-electron chi connectivity index (χ2n) is 7.69. The number of carbonyl (C=O) groups is 2. The number of nitrogens with zero attached hydrogens (tertiary/aromatic N) is 1. The fraction of sp³-hybridized carbons (Fsp3) is 0.261. The first-order chi connectivity index (χ1) is 13.8. The molecule has 0 unspecified atom stereocenters. The zero-order chi connectivity index (χ0) is 21.0. The Labute approximate surface area is 174 Å². The molecule has 1 heterocycles. The normalized spacial score (nSPS) is 11.2. The van der Waals surface area contributed by atoms with Gasteiger partial charge in [0.25, 0.3) is 5.91 Å². The van der Waals surface area contributed by atoms with Crippen molar-refractivity contribution in [2.24, 2.45) is 0 Å². The molecule has 150 valence electrons. The van der Waals surface area contributed by atoms with Gasteiger partial charge in [-0.25, -0.2) is 4.98 Å². The second kappa shape index (κ2) is 8.57. The van der Waals surface area contributed by atoms with Crippen LogP contribution in [0, 0.1) is 0 Å². The van der Waals surface area contributed by atoms with Gasteiger partial charge in [-0.1, -0.05) is 63.2 Å². The van der Waals surface area contributed by atoms with Crippen molar-refractivity contribution in [3.05, 3.63) is 70.6 Å². The lowest BCUT2D eigenvalue weighted by atomic mass is 9.87. The molecule has 0 fully saturated rings. The number of anilines is 1. The van der Waals surface area contributed by atoms with E-state index in [0.717, 1.165) is 16.0 Å². The Bertz CT molecular complexity index is 1000. The number of hydrogen-bond acceptors (Lipinski definition) is 5. The summed E-state index contributed by atoms with van der Waals surface area (Å²) in [5, 5.41) is 3.31. The number of hydrogen-bond donors (Lipinski definition) is 1. The molecular formula is C23H24N2O3S. The summed E-state index contributed by atoms with van der Waals surface area (Å²) < 4.78 is 4.80. The summed E-state index contributed by atoms with van der Waals surface area (Å²) in [6.07, 6.45) is 0.106. The maximum Gasteiger partial charge on any atom is 0.310 e. The molecule has 5 nitrogen and oxygen atoms in total. The highest BCUT2D eigenvalue weighted by molar-refractivity contribution is 7.16. The molecule has 29 heavy (non-hydrogen) atoms. The Balaban J connectivity index is 1.85. The van der Waals surface area contributed by atoms with Gasteiger partial charge in [-0.05, 0) is 23.1 Å². The summed E-state index contributed by atoms with van der Waals surface area (Å²) in [6.45, 7) is 6.39. The Hall–Kier alpha value is -2.99. The van der Waals surface area contributed by atoms with E-state index in [1.165, 1.54) is 18.4 Å². The van der Waals surface area contributed by atoms with Crippen LogP contribution < -0.4 is 5.32 Å². The lowest BCUT2D eigenvalue weighted by molar-refractivity contribution is -0.139. The predicted octanol–water partition coefficient (Wildman–Crippen LogP) is 5.08. The number of nitrogens with one attached hydrogen (secondary N) is 1. The van der Waals surface area contributed by atoms with Crippen LogP contribution >= 0.6 is 11.3 Å². The molecule has 6 heteroatoms. The lowest BCUT2D eigenvalue weighted by Crippen LogP contribution is -2.14. The van der Waals surface area contributed by atoms with E-state index < -0.39 is 0 Å². The van der Waals surface area contributed by atoms with Crippen LogP contribution in [0.15, 0.2) is 54.6 Å². The van der Waals surface area contributed by atoms with Crippen molar-refractivity contribution in [2.75, 3.05) is 12.4 Å². The van der Waals surface area contributed by atoms with Gasteiger partial charge in [0.05, 0.1) is 19.2 Å². The van der Waals surface area contributed by atoms with Gasteiger partial charge in [-0.2, -0.15) is 0 Å². The van der Waals surface area contributed by atoms with Gasteiger partial charge in [0.15, 0.2) is 5.13 Å². The van der Waals surface area contributed by atoms with E-state index in [4.69, 9.17) is 4.74 Å².